The highest BCUT2D eigenvalue weighted by molar-refractivity contribution is 4.82. The molecule has 3 nitrogen and oxygen atoms in total. The molecule has 2 fully saturated rings. The monoisotopic (exact) mass is 212 g/mol. The topological polar surface area (TPSA) is 24.5 Å². The molecule has 15 heavy (non-hydrogen) atoms. The highest BCUT2D eigenvalue weighted by Gasteiger charge is 2.28. The molecule has 0 aromatic carbocycles. The first-order valence-corrected chi connectivity index (χ1v) is 6.33. The van der Waals surface area contributed by atoms with Crippen LogP contribution in [0.1, 0.15) is 26.7 Å². The van der Waals surface area contributed by atoms with E-state index in [0.717, 1.165) is 25.6 Å². The number of nitrogens with one attached hydrogen (secondary N) is 1. The van der Waals surface area contributed by atoms with Gasteiger partial charge in [0.25, 0.3) is 0 Å². The van der Waals surface area contributed by atoms with Gasteiger partial charge in [0, 0.05) is 32.3 Å². The minimum Gasteiger partial charge on any atom is -0.377 e. The Kier molecular flexibility index (Phi) is 4.00. The number of ether oxygens (including phenoxy) is 1. The Morgan fingerprint density at radius 2 is 2.33 bits per heavy atom. The van der Waals surface area contributed by atoms with Crippen LogP contribution in [-0.4, -0.2) is 49.8 Å². The first-order valence-electron chi connectivity index (χ1n) is 6.33. The predicted molar refractivity (Wildman–Crippen MR) is 62.0 cm³/mol. The third-order valence-corrected chi connectivity index (χ3v) is 3.69. The second kappa shape index (κ2) is 5.28. The number of hydrogen-bond donors (Lipinski definition) is 1. The molecule has 0 radical (unpaired) electrons. The molecule has 0 aliphatic carbocycles. The van der Waals surface area contributed by atoms with Crippen molar-refractivity contribution in [2.75, 3.05) is 32.8 Å². The summed E-state index contributed by atoms with van der Waals surface area (Å²) in [6.45, 7) is 10.3. The van der Waals surface area contributed by atoms with Crippen molar-refractivity contribution in [3.05, 3.63) is 0 Å². The summed E-state index contributed by atoms with van der Waals surface area (Å²) in [6, 6.07) is 0.592. The van der Waals surface area contributed by atoms with E-state index >= 15 is 0 Å². The van der Waals surface area contributed by atoms with Crippen LogP contribution in [0.25, 0.3) is 0 Å². The van der Waals surface area contributed by atoms with Gasteiger partial charge < -0.3 is 10.1 Å². The average Bonchev–Trinajstić information content (AvgIpc) is 2.67. The third kappa shape index (κ3) is 2.92. The van der Waals surface area contributed by atoms with E-state index in [1.807, 2.05) is 0 Å². The van der Waals surface area contributed by atoms with Crippen LogP contribution < -0.4 is 5.32 Å². The first kappa shape index (κ1) is 11.4. The molecule has 0 bridgehead atoms. The van der Waals surface area contributed by atoms with Crippen molar-refractivity contribution in [3.63, 3.8) is 0 Å². The van der Waals surface area contributed by atoms with Gasteiger partial charge in [0.15, 0.2) is 0 Å². The predicted octanol–water partition coefficient (Wildman–Crippen LogP) is 1.10. The van der Waals surface area contributed by atoms with E-state index in [1.54, 1.807) is 0 Å². The van der Waals surface area contributed by atoms with Crippen LogP contribution in [0.3, 0.4) is 0 Å². The molecule has 2 saturated heterocycles. The summed E-state index contributed by atoms with van der Waals surface area (Å²) >= 11 is 0. The summed E-state index contributed by atoms with van der Waals surface area (Å²) in [4.78, 5) is 2.60. The number of hydrogen-bond acceptors (Lipinski definition) is 3. The Hall–Kier alpha value is -0.120. The second-order valence-electron chi connectivity index (χ2n) is 5.10. The van der Waals surface area contributed by atoms with Gasteiger partial charge in [0.1, 0.15) is 0 Å². The lowest BCUT2D eigenvalue weighted by molar-refractivity contribution is 0.0302. The van der Waals surface area contributed by atoms with Crippen LogP contribution in [0.4, 0.5) is 0 Å². The van der Waals surface area contributed by atoms with Gasteiger partial charge in [0.2, 0.25) is 0 Å². The van der Waals surface area contributed by atoms with Crippen molar-refractivity contribution in [2.24, 2.45) is 5.92 Å². The lowest BCUT2D eigenvalue weighted by Gasteiger charge is -2.32. The molecule has 2 rings (SSSR count). The molecule has 0 spiro atoms. The van der Waals surface area contributed by atoms with Crippen LogP contribution in [0, 0.1) is 5.92 Å². The lowest BCUT2D eigenvalue weighted by atomic mass is 10.1. The van der Waals surface area contributed by atoms with E-state index in [4.69, 9.17) is 4.74 Å². The van der Waals surface area contributed by atoms with Gasteiger partial charge in [-0.3, -0.25) is 4.90 Å². The van der Waals surface area contributed by atoms with Gasteiger partial charge in [-0.05, 0) is 32.2 Å². The van der Waals surface area contributed by atoms with E-state index in [1.165, 1.54) is 25.9 Å². The molecule has 3 heteroatoms. The van der Waals surface area contributed by atoms with Crippen molar-refractivity contribution in [1.29, 1.82) is 0 Å². The molecular weight excluding hydrogens is 188 g/mol. The highest BCUT2D eigenvalue weighted by atomic mass is 16.5. The normalized spacial score (nSPS) is 36.4. The fraction of sp³-hybridized carbons (Fsp3) is 1.00. The summed E-state index contributed by atoms with van der Waals surface area (Å²) in [7, 11) is 0. The summed E-state index contributed by atoms with van der Waals surface area (Å²) in [5, 5.41) is 3.49. The maximum absolute atomic E-state index is 5.78. The molecule has 0 aromatic heterocycles. The van der Waals surface area contributed by atoms with Crippen molar-refractivity contribution in [3.8, 4) is 0 Å². The number of rotatable bonds is 2. The van der Waals surface area contributed by atoms with Gasteiger partial charge in [-0.2, -0.15) is 0 Å². The van der Waals surface area contributed by atoms with Gasteiger partial charge >= 0.3 is 0 Å². The minimum atomic E-state index is 0.482. The van der Waals surface area contributed by atoms with Crippen LogP contribution in [0.5, 0.6) is 0 Å². The summed E-state index contributed by atoms with van der Waals surface area (Å²) in [5.41, 5.74) is 0. The zero-order chi connectivity index (χ0) is 10.7. The Morgan fingerprint density at radius 1 is 1.47 bits per heavy atom. The summed E-state index contributed by atoms with van der Waals surface area (Å²) in [6.07, 6.45) is 2.98. The van der Waals surface area contributed by atoms with Crippen LogP contribution >= 0.6 is 0 Å². The van der Waals surface area contributed by atoms with Gasteiger partial charge in [-0.25, -0.2) is 0 Å². The SMILES string of the molecule is CC1CNCCN(C(C)C2CCCO2)C1. The second-order valence-corrected chi connectivity index (χ2v) is 5.10. The van der Waals surface area contributed by atoms with Crippen molar-refractivity contribution < 1.29 is 4.74 Å². The molecule has 3 atom stereocenters. The van der Waals surface area contributed by atoms with Gasteiger partial charge in [-0.15, -0.1) is 0 Å². The fourth-order valence-corrected chi connectivity index (χ4v) is 2.72. The molecule has 2 aliphatic heterocycles. The van der Waals surface area contributed by atoms with Crippen molar-refractivity contribution in [2.45, 2.75) is 38.8 Å². The van der Waals surface area contributed by atoms with E-state index in [-0.39, 0.29) is 0 Å². The molecule has 2 aliphatic rings. The summed E-state index contributed by atoms with van der Waals surface area (Å²) < 4.78 is 5.78. The zero-order valence-corrected chi connectivity index (χ0v) is 10.0. The average molecular weight is 212 g/mol. The van der Waals surface area contributed by atoms with E-state index in [2.05, 4.69) is 24.1 Å². The van der Waals surface area contributed by atoms with Gasteiger partial charge in [0.05, 0.1) is 6.10 Å². The lowest BCUT2D eigenvalue weighted by Crippen LogP contribution is -2.44. The molecule has 0 saturated carbocycles. The van der Waals surface area contributed by atoms with E-state index in [0.29, 0.717) is 12.1 Å². The maximum Gasteiger partial charge on any atom is 0.0728 e. The molecule has 0 aromatic rings. The first-order chi connectivity index (χ1) is 7.27. The number of nitrogens with zero attached hydrogens (tertiary/aromatic N) is 1. The van der Waals surface area contributed by atoms with Crippen molar-refractivity contribution in [1.82, 2.24) is 10.2 Å². The Bertz CT molecular complexity index is 192. The zero-order valence-electron chi connectivity index (χ0n) is 10.0. The third-order valence-electron chi connectivity index (χ3n) is 3.69. The summed E-state index contributed by atoms with van der Waals surface area (Å²) in [5.74, 6) is 0.761. The smallest absolute Gasteiger partial charge is 0.0728 e. The standard InChI is InChI=1S/C12H24N2O/c1-10-8-13-5-6-14(9-10)11(2)12-4-3-7-15-12/h10-13H,3-9H2,1-2H3. The quantitative estimate of drug-likeness (QED) is 0.742. The largest absolute Gasteiger partial charge is 0.377 e. The fourth-order valence-electron chi connectivity index (χ4n) is 2.72. The van der Waals surface area contributed by atoms with E-state index in [9.17, 15) is 0 Å². The molecular formula is C12H24N2O. The Balaban J connectivity index is 1.89. The Labute approximate surface area is 93.2 Å². The molecule has 0 amide bonds. The van der Waals surface area contributed by atoms with Crippen LogP contribution in [0.2, 0.25) is 0 Å². The minimum absolute atomic E-state index is 0.482. The molecule has 2 heterocycles. The maximum atomic E-state index is 5.78. The van der Waals surface area contributed by atoms with Gasteiger partial charge in [-0.1, -0.05) is 6.92 Å². The van der Waals surface area contributed by atoms with Crippen molar-refractivity contribution >= 4 is 0 Å². The molecule has 3 unspecified atom stereocenters. The van der Waals surface area contributed by atoms with E-state index < -0.39 is 0 Å². The van der Waals surface area contributed by atoms with Crippen LogP contribution in [-0.2, 0) is 4.74 Å². The Morgan fingerprint density at radius 3 is 3.07 bits per heavy atom. The highest BCUT2D eigenvalue weighted by Crippen LogP contribution is 2.20. The molecule has 1 N–H and O–H groups in total. The van der Waals surface area contributed by atoms with Crippen LogP contribution in [0.15, 0.2) is 0 Å². The molecule has 88 valence electrons.